The first-order valence-electron chi connectivity index (χ1n) is 8.08. The third kappa shape index (κ3) is 4.99. The molecule has 1 aromatic carbocycles. The van der Waals surface area contributed by atoms with E-state index in [0.29, 0.717) is 12.3 Å². The van der Waals surface area contributed by atoms with Gasteiger partial charge in [0.15, 0.2) is 0 Å². The summed E-state index contributed by atoms with van der Waals surface area (Å²) >= 11 is 1.54. The molecule has 2 rings (SSSR count). The molecule has 0 bridgehead atoms. The summed E-state index contributed by atoms with van der Waals surface area (Å²) in [5.41, 5.74) is 6.78. The van der Waals surface area contributed by atoms with Gasteiger partial charge in [0.05, 0.1) is 11.7 Å². The van der Waals surface area contributed by atoms with Gasteiger partial charge in [0.25, 0.3) is 0 Å². The van der Waals surface area contributed by atoms with Gasteiger partial charge in [-0.3, -0.25) is 9.59 Å². The number of hydrogen-bond acceptors (Lipinski definition) is 3. The fourth-order valence-electron chi connectivity index (χ4n) is 2.72. The van der Waals surface area contributed by atoms with E-state index in [1.165, 1.54) is 5.56 Å². The van der Waals surface area contributed by atoms with Crippen LogP contribution in [0.4, 0.5) is 0 Å². The van der Waals surface area contributed by atoms with Gasteiger partial charge in [-0.1, -0.05) is 32.9 Å². The molecule has 1 fully saturated rings. The van der Waals surface area contributed by atoms with Gasteiger partial charge >= 0.3 is 0 Å². The van der Waals surface area contributed by atoms with E-state index in [4.69, 9.17) is 5.73 Å². The van der Waals surface area contributed by atoms with Crippen LogP contribution < -0.4 is 5.73 Å². The molecule has 0 aromatic heterocycles. The van der Waals surface area contributed by atoms with E-state index in [0.717, 1.165) is 24.3 Å². The monoisotopic (exact) mass is 334 g/mol. The Morgan fingerprint density at radius 1 is 1.26 bits per heavy atom. The molecule has 126 valence electrons. The Hall–Kier alpha value is -1.49. The smallest absolute Gasteiger partial charge is 0.232 e. The van der Waals surface area contributed by atoms with Crippen LogP contribution in [0.2, 0.25) is 0 Å². The second-order valence-electron chi connectivity index (χ2n) is 7.14. The average molecular weight is 334 g/mol. The van der Waals surface area contributed by atoms with Crippen LogP contribution in [0.3, 0.4) is 0 Å². The number of hydrogen-bond donors (Lipinski definition) is 1. The summed E-state index contributed by atoms with van der Waals surface area (Å²) in [5, 5.41) is 0. The minimum atomic E-state index is -0.298. The lowest BCUT2D eigenvalue weighted by Gasteiger charge is -2.31. The van der Waals surface area contributed by atoms with Gasteiger partial charge in [-0.05, 0) is 36.0 Å². The largest absolute Gasteiger partial charge is 0.369 e. The van der Waals surface area contributed by atoms with Gasteiger partial charge in [-0.25, -0.2) is 0 Å². The van der Waals surface area contributed by atoms with Crippen LogP contribution in [-0.4, -0.2) is 35.6 Å². The molecule has 2 N–H and O–H groups in total. The zero-order chi connectivity index (χ0) is 17.0. The molecule has 2 amide bonds. The summed E-state index contributed by atoms with van der Waals surface area (Å²) in [4.78, 5) is 26.5. The second kappa shape index (κ2) is 7.39. The maximum absolute atomic E-state index is 12.3. The second-order valence-corrected chi connectivity index (χ2v) is 8.19. The molecule has 1 aliphatic heterocycles. The van der Waals surface area contributed by atoms with Crippen molar-refractivity contribution in [3.63, 3.8) is 0 Å². The molecule has 1 aromatic rings. The first-order chi connectivity index (χ1) is 10.8. The Bertz CT molecular complexity index is 563. The van der Waals surface area contributed by atoms with Crippen LogP contribution in [0.5, 0.6) is 0 Å². The summed E-state index contributed by atoms with van der Waals surface area (Å²) in [6, 6.07) is 8.38. The normalized spacial score (nSPS) is 18.7. The predicted octanol–water partition coefficient (Wildman–Crippen LogP) is 2.80. The Labute approximate surface area is 142 Å². The Kier molecular flexibility index (Phi) is 5.74. The molecule has 0 aliphatic carbocycles. The third-order valence-electron chi connectivity index (χ3n) is 4.26. The Balaban J connectivity index is 1.88. The van der Waals surface area contributed by atoms with Gasteiger partial charge in [0.1, 0.15) is 0 Å². The molecule has 0 saturated carbocycles. The number of nitrogens with two attached hydrogens (primary N) is 1. The predicted molar refractivity (Wildman–Crippen MR) is 94.4 cm³/mol. The molecule has 4 nitrogen and oxygen atoms in total. The van der Waals surface area contributed by atoms with Gasteiger partial charge in [0, 0.05) is 18.0 Å². The summed E-state index contributed by atoms with van der Waals surface area (Å²) < 4.78 is 0. The maximum Gasteiger partial charge on any atom is 0.232 e. The van der Waals surface area contributed by atoms with Gasteiger partial charge < -0.3 is 10.6 Å². The first kappa shape index (κ1) is 17.9. The lowest BCUT2D eigenvalue weighted by molar-refractivity contribution is -0.132. The van der Waals surface area contributed by atoms with Gasteiger partial charge in [-0.2, -0.15) is 0 Å². The minimum Gasteiger partial charge on any atom is -0.369 e. The van der Waals surface area contributed by atoms with Crippen molar-refractivity contribution in [2.24, 2.45) is 11.7 Å². The van der Waals surface area contributed by atoms with Crippen molar-refractivity contribution in [2.75, 3.05) is 18.8 Å². The molecule has 0 radical (unpaired) electrons. The van der Waals surface area contributed by atoms with E-state index in [-0.39, 0.29) is 23.1 Å². The molecule has 5 heteroatoms. The average Bonchev–Trinajstić information content (AvgIpc) is 2.52. The zero-order valence-corrected chi connectivity index (χ0v) is 15.0. The molecule has 1 atom stereocenters. The molecule has 0 spiro atoms. The van der Waals surface area contributed by atoms with Crippen LogP contribution in [0, 0.1) is 5.92 Å². The number of piperidine rings is 1. The van der Waals surface area contributed by atoms with Gasteiger partial charge in [-0.15, -0.1) is 11.8 Å². The zero-order valence-electron chi connectivity index (χ0n) is 14.2. The van der Waals surface area contributed by atoms with E-state index in [1.54, 1.807) is 16.7 Å². The number of primary amides is 1. The first-order valence-corrected chi connectivity index (χ1v) is 9.06. The number of benzene rings is 1. The van der Waals surface area contributed by atoms with E-state index < -0.39 is 0 Å². The number of carbonyl (C=O) groups is 2. The fourth-order valence-corrected chi connectivity index (χ4v) is 3.52. The molecule has 1 aliphatic rings. The summed E-state index contributed by atoms with van der Waals surface area (Å²) in [7, 11) is 0. The van der Waals surface area contributed by atoms with E-state index in [2.05, 4.69) is 45.0 Å². The highest BCUT2D eigenvalue weighted by Crippen LogP contribution is 2.26. The highest BCUT2D eigenvalue weighted by molar-refractivity contribution is 8.00. The van der Waals surface area contributed by atoms with Crippen molar-refractivity contribution in [1.82, 2.24) is 4.90 Å². The standard InChI is InChI=1S/C18H26N2O2S/c1-18(2,3)14-6-8-15(9-7-14)23-12-16(21)20-10-4-5-13(11-20)17(19)22/h6-9,13H,4-5,10-12H2,1-3H3,(H2,19,22)/t13-/m0/s1. The van der Waals surface area contributed by atoms with Crippen molar-refractivity contribution in [1.29, 1.82) is 0 Å². The van der Waals surface area contributed by atoms with Crippen molar-refractivity contribution < 1.29 is 9.59 Å². The maximum atomic E-state index is 12.3. The van der Waals surface area contributed by atoms with Crippen molar-refractivity contribution in [3.05, 3.63) is 29.8 Å². The number of carbonyl (C=O) groups excluding carboxylic acids is 2. The highest BCUT2D eigenvalue weighted by atomic mass is 32.2. The third-order valence-corrected chi connectivity index (χ3v) is 5.26. The Morgan fingerprint density at radius 3 is 2.48 bits per heavy atom. The van der Waals surface area contributed by atoms with Crippen molar-refractivity contribution >= 4 is 23.6 Å². The van der Waals surface area contributed by atoms with Crippen LogP contribution in [-0.2, 0) is 15.0 Å². The van der Waals surface area contributed by atoms with E-state index in [9.17, 15) is 9.59 Å². The highest BCUT2D eigenvalue weighted by Gasteiger charge is 2.26. The number of rotatable bonds is 4. The fraction of sp³-hybridized carbons (Fsp3) is 0.556. The molecule has 1 saturated heterocycles. The Morgan fingerprint density at radius 2 is 1.91 bits per heavy atom. The molecular formula is C18H26N2O2S. The topological polar surface area (TPSA) is 63.4 Å². The van der Waals surface area contributed by atoms with E-state index >= 15 is 0 Å². The quantitative estimate of drug-likeness (QED) is 0.861. The molecular weight excluding hydrogens is 308 g/mol. The lowest BCUT2D eigenvalue weighted by atomic mass is 9.87. The van der Waals surface area contributed by atoms with Crippen molar-refractivity contribution in [3.8, 4) is 0 Å². The lowest BCUT2D eigenvalue weighted by Crippen LogP contribution is -2.44. The van der Waals surface area contributed by atoms with Crippen LogP contribution in [0.15, 0.2) is 29.2 Å². The van der Waals surface area contributed by atoms with Crippen LogP contribution >= 0.6 is 11.8 Å². The number of thioether (sulfide) groups is 1. The number of nitrogens with zero attached hydrogens (tertiary/aromatic N) is 1. The molecule has 23 heavy (non-hydrogen) atoms. The number of amides is 2. The molecule has 1 heterocycles. The summed E-state index contributed by atoms with van der Waals surface area (Å²) in [6.45, 7) is 7.75. The van der Waals surface area contributed by atoms with Gasteiger partial charge in [0.2, 0.25) is 11.8 Å². The van der Waals surface area contributed by atoms with E-state index in [1.807, 2.05) is 0 Å². The number of likely N-dealkylation sites (tertiary alicyclic amines) is 1. The van der Waals surface area contributed by atoms with Crippen molar-refractivity contribution in [2.45, 2.75) is 43.9 Å². The summed E-state index contributed by atoms with van der Waals surface area (Å²) in [6.07, 6.45) is 1.64. The molecule has 0 unspecified atom stereocenters. The minimum absolute atomic E-state index is 0.0841. The summed E-state index contributed by atoms with van der Waals surface area (Å²) in [5.74, 6) is -0.00193. The SMILES string of the molecule is CC(C)(C)c1ccc(SCC(=O)N2CCC[C@H](C(N)=O)C2)cc1. The van der Waals surface area contributed by atoms with Crippen LogP contribution in [0.1, 0.15) is 39.2 Å². The van der Waals surface area contributed by atoms with Crippen LogP contribution in [0.25, 0.3) is 0 Å².